The fraction of sp³-hybridized carbons (Fsp3) is 0.632. The fourth-order valence-corrected chi connectivity index (χ4v) is 4.10. The average molecular weight is 332 g/mol. The molecule has 1 aliphatic carbocycles. The van der Waals surface area contributed by atoms with Gasteiger partial charge in [0, 0.05) is 24.7 Å². The van der Waals surface area contributed by atoms with E-state index in [1.54, 1.807) is 0 Å². The monoisotopic (exact) mass is 332 g/mol. The van der Waals surface area contributed by atoms with Gasteiger partial charge in [0.05, 0.1) is 6.61 Å². The first kappa shape index (κ1) is 17.1. The Hall–Kier alpha value is -1.75. The second-order valence-corrected chi connectivity index (χ2v) is 6.79. The van der Waals surface area contributed by atoms with Crippen LogP contribution in [-0.2, 0) is 6.54 Å². The summed E-state index contributed by atoms with van der Waals surface area (Å²) in [5.74, 6) is 1.42. The highest BCUT2D eigenvalue weighted by molar-refractivity contribution is 5.75. The highest BCUT2D eigenvalue weighted by Crippen LogP contribution is 2.35. The minimum Gasteiger partial charge on any atom is -0.491 e. The molecule has 1 heterocycles. The number of urea groups is 1. The van der Waals surface area contributed by atoms with Gasteiger partial charge in [-0.3, -0.25) is 0 Å². The molecule has 1 aromatic carbocycles. The van der Waals surface area contributed by atoms with E-state index in [4.69, 9.17) is 9.84 Å². The summed E-state index contributed by atoms with van der Waals surface area (Å²) in [6.45, 7) is 1.57. The van der Waals surface area contributed by atoms with Gasteiger partial charge in [-0.2, -0.15) is 0 Å². The highest BCUT2D eigenvalue weighted by atomic mass is 16.5. The normalized spacial score (nSPS) is 21.2. The predicted octanol–water partition coefficient (Wildman–Crippen LogP) is 2.92. The number of aliphatic hydroxyl groups excluding tert-OH is 1. The summed E-state index contributed by atoms with van der Waals surface area (Å²) in [4.78, 5) is 14.7. The van der Waals surface area contributed by atoms with E-state index in [0.29, 0.717) is 18.5 Å². The lowest BCUT2D eigenvalue weighted by Crippen LogP contribution is -2.45. The molecular weight excluding hydrogens is 304 g/mol. The van der Waals surface area contributed by atoms with Gasteiger partial charge in [0.2, 0.25) is 0 Å². The molecule has 1 aromatic rings. The molecule has 0 spiro atoms. The molecule has 1 saturated heterocycles. The zero-order valence-electron chi connectivity index (χ0n) is 14.2. The third-order valence-electron chi connectivity index (χ3n) is 5.26. The van der Waals surface area contributed by atoms with Crippen LogP contribution in [0.2, 0.25) is 0 Å². The topological polar surface area (TPSA) is 61.8 Å². The number of hydrogen-bond donors (Lipinski definition) is 2. The number of rotatable bonds is 6. The Balaban J connectivity index is 1.57. The van der Waals surface area contributed by atoms with Crippen molar-refractivity contribution < 1.29 is 14.6 Å². The Bertz CT molecular complexity index is 543. The van der Waals surface area contributed by atoms with Crippen LogP contribution in [0.4, 0.5) is 4.79 Å². The number of amides is 2. The lowest BCUT2D eigenvalue weighted by atomic mass is 9.96. The summed E-state index contributed by atoms with van der Waals surface area (Å²) in [6, 6.07) is 8.12. The number of nitrogens with one attached hydrogen (secondary N) is 1. The van der Waals surface area contributed by atoms with Crippen LogP contribution in [0, 0.1) is 5.92 Å². The van der Waals surface area contributed by atoms with E-state index < -0.39 is 0 Å². The Morgan fingerprint density at radius 2 is 2.00 bits per heavy atom. The average Bonchev–Trinajstić information content (AvgIpc) is 3.29. The smallest absolute Gasteiger partial charge is 0.317 e. The number of benzene rings is 1. The number of carbonyl (C=O) groups excluding carboxylic acids is 1. The number of para-hydroxylation sites is 1. The van der Waals surface area contributed by atoms with Gasteiger partial charge in [-0.15, -0.1) is 0 Å². The molecule has 0 aromatic heterocycles. The van der Waals surface area contributed by atoms with E-state index in [1.807, 2.05) is 29.2 Å². The SMILES string of the molecule is O=C(NCc1ccccc1OCCO)N1CCCC1C1CCCC1. The number of likely N-dealkylation sites (tertiary alicyclic amines) is 1. The van der Waals surface area contributed by atoms with Crippen molar-refractivity contribution in [2.75, 3.05) is 19.8 Å². The molecule has 2 amide bonds. The standard InChI is InChI=1S/C19H28N2O3/c22-12-13-24-18-10-4-3-8-16(18)14-20-19(23)21-11-5-9-17(21)15-6-1-2-7-15/h3-4,8,10,15,17,22H,1-2,5-7,9,11-14H2,(H,20,23). The van der Waals surface area contributed by atoms with Crippen molar-refractivity contribution in [2.24, 2.45) is 5.92 Å². The van der Waals surface area contributed by atoms with Crippen molar-refractivity contribution in [3.8, 4) is 5.75 Å². The molecule has 1 atom stereocenters. The van der Waals surface area contributed by atoms with Crippen LogP contribution in [0.25, 0.3) is 0 Å². The van der Waals surface area contributed by atoms with Crippen molar-refractivity contribution in [3.63, 3.8) is 0 Å². The number of hydrogen-bond acceptors (Lipinski definition) is 3. The van der Waals surface area contributed by atoms with Crippen LogP contribution in [0.5, 0.6) is 5.75 Å². The van der Waals surface area contributed by atoms with Crippen LogP contribution in [0.1, 0.15) is 44.1 Å². The van der Waals surface area contributed by atoms with E-state index in [-0.39, 0.29) is 19.2 Å². The van der Waals surface area contributed by atoms with Crippen LogP contribution >= 0.6 is 0 Å². The number of carbonyl (C=O) groups is 1. The molecule has 132 valence electrons. The molecule has 5 nitrogen and oxygen atoms in total. The second kappa shape index (κ2) is 8.38. The summed E-state index contributed by atoms with van der Waals surface area (Å²) in [6.07, 6.45) is 7.43. The Kier molecular flexibility index (Phi) is 5.96. The summed E-state index contributed by atoms with van der Waals surface area (Å²) >= 11 is 0. The summed E-state index contributed by atoms with van der Waals surface area (Å²) in [5.41, 5.74) is 0.941. The van der Waals surface area contributed by atoms with Crippen LogP contribution < -0.4 is 10.1 Å². The van der Waals surface area contributed by atoms with E-state index in [2.05, 4.69) is 5.32 Å². The molecule has 24 heavy (non-hydrogen) atoms. The molecule has 1 aliphatic heterocycles. The highest BCUT2D eigenvalue weighted by Gasteiger charge is 2.35. The fourth-order valence-electron chi connectivity index (χ4n) is 4.10. The predicted molar refractivity (Wildman–Crippen MR) is 92.9 cm³/mol. The van der Waals surface area contributed by atoms with Gasteiger partial charge in [-0.05, 0) is 37.7 Å². The second-order valence-electron chi connectivity index (χ2n) is 6.79. The maximum absolute atomic E-state index is 12.6. The van der Waals surface area contributed by atoms with Crippen molar-refractivity contribution in [2.45, 2.75) is 51.1 Å². The minimum absolute atomic E-state index is 0.0163. The number of aliphatic hydroxyl groups is 1. The molecular formula is C19H28N2O3. The quantitative estimate of drug-likeness (QED) is 0.842. The van der Waals surface area contributed by atoms with Crippen molar-refractivity contribution in [1.29, 1.82) is 0 Å². The summed E-state index contributed by atoms with van der Waals surface area (Å²) in [7, 11) is 0. The van der Waals surface area contributed by atoms with E-state index >= 15 is 0 Å². The number of nitrogens with zero attached hydrogens (tertiary/aromatic N) is 1. The maximum Gasteiger partial charge on any atom is 0.317 e. The summed E-state index contributed by atoms with van der Waals surface area (Å²) < 4.78 is 5.53. The molecule has 1 unspecified atom stereocenters. The molecule has 3 rings (SSSR count). The molecule has 2 aliphatic rings. The van der Waals surface area contributed by atoms with Gasteiger partial charge in [0.15, 0.2) is 0 Å². The van der Waals surface area contributed by atoms with Crippen LogP contribution in [-0.4, -0.2) is 41.8 Å². The maximum atomic E-state index is 12.6. The third kappa shape index (κ3) is 4.01. The number of ether oxygens (including phenoxy) is 1. The van der Waals surface area contributed by atoms with Crippen LogP contribution in [0.15, 0.2) is 24.3 Å². The third-order valence-corrected chi connectivity index (χ3v) is 5.26. The Morgan fingerprint density at radius 3 is 2.79 bits per heavy atom. The first-order valence-corrected chi connectivity index (χ1v) is 9.15. The first-order chi connectivity index (χ1) is 11.8. The Labute approximate surface area is 144 Å². The molecule has 1 saturated carbocycles. The molecule has 0 radical (unpaired) electrons. The molecule has 0 bridgehead atoms. The van der Waals surface area contributed by atoms with Crippen molar-refractivity contribution >= 4 is 6.03 Å². The van der Waals surface area contributed by atoms with Gasteiger partial charge in [-0.25, -0.2) is 4.79 Å². The molecule has 2 fully saturated rings. The van der Waals surface area contributed by atoms with Crippen molar-refractivity contribution in [1.82, 2.24) is 10.2 Å². The summed E-state index contributed by atoms with van der Waals surface area (Å²) in [5, 5.41) is 12.0. The lowest BCUT2D eigenvalue weighted by molar-refractivity contribution is 0.172. The zero-order valence-corrected chi connectivity index (χ0v) is 14.2. The van der Waals surface area contributed by atoms with Gasteiger partial charge in [-0.1, -0.05) is 31.0 Å². The van der Waals surface area contributed by atoms with Gasteiger partial charge < -0.3 is 20.1 Å². The molecule has 5 heteroatoms. The largest absolute Gasteiger partial charge is 0.491 e. The van der Waals surface area contributed by atoms with Crippen LogP contribution in [0.3, 0.4) is 0 Å². The van der Waals surface area contributed by atoms with E-state index in [1.165, 1.54) is 25.7 Å². The van der Waals surface area contributed by atoms with E-state index in [0.717, 1.165) is 30.7 Å². The zero-order chi connectivity index (χ0) is 16.8. The van der Waals surface area contributed by atoms with Gasteiger partial charge in [0.1, 0.15) is 12.4 Å². The van der Waals surface area contributed by atoms with Gasteiger partial charge in [0.25, 0.3) is 0 Å². The van der Waals surface area contributed by atoms with E-state index in [9.17, 15) is 4.79 Å². The van der Waals surface area contributed by atoms with Gasteiger partial charge >= 0.3 is 6.03 Å². The minimum atomic E-state index is -0.0163. The Morgan fingerprint density at radius 1 is 1.21 bits per heavy atom. The molecule has 2 N–H and O–H groups in total. The first-order valence-electron chi connectivity index (χ1n) is 9.15. The lowest BCUT2D eigenvalue weighted by Gasteiger charge is -2.29. The van der Waals surface area contributed by atoms with Crippen molar-refractivity contribution in [3.05, 3.63) is 29.8 Å².